The van der Waals surface area contributed by atoms with E-state index in [1.165, 1.54) is 12.1 Å². The van der Waals surface area contributed by atoms with Gasteiger partial charge < -0.3 is 16.0 Å². The number of carbonyl (C=O) groups is 1. The van der Waals surface area contributed by atoms with Crippen LogP contribution in [0.1, 0.15) is 10.5 Å². The maximum Gasteiger partial charge on any atom is 0.272 e. The minimum atomic E-state index is -0.664. The van der Waals surface area contributed by atoms with Crippen LogP contribution in [-0.4, -0.2) is 10.9 Å². The highest BCUT2D eigenvalue weighted by atomic mass is 35.5. The van der Waals surface area contributed by atoms with Gasteiger partial charge in [-0.2, -0.15) is 0 Å². The summed E-state index contributed by atoms with van der Waals surface area (Å²) in [5.41, 5.74) is 7.36. The average Bonchev–Trinajstić information content (AvgIpc) is 2.89. The van der Waals surface area contributed by atoms with Crippen LogP contribution in [-0.2, 0) is 0 Å². The molecule has 106 valence electrons. The number of aromatic nitrogens is 1. The van der Waals surface area contributed by atoms with Gasteiger partial charge in [0, 0.05) is 5.39 Å². The molecule has 0 radical (unpaired) electrons. The maximum absolute atomic E-state index is 13.8. The highest BCUT2D eigenvalue weighted by molar-refractivity contribution is 6.31. The first-order valence-electron chi connectivity index (χ1n) is 6.19. The van der Waals surface area contributed by atoms with Crippen molar-refractivity contribution in [2.45, 2.75) is 0 Å². The number of rotatable bonds is 2. The number of hydrogen-bond donors (Lipinski definition) is 3. The molecule has 0 aliphatic rings. The zero-order valence-corrected chi connectivity index (χ0v) is 11.5. The van der Waals surface area contributed by atoms with Crippen molar-refractivity contribution in [3.8, 4) is 0 Å². The predicted molar refractivity (Wildman–Crippen MR) is 82.1 cm³/mol. The SMILES string of the molecule is Nc1cccc2cc(C(=O)Nc3cccc(Cl)c3F)[nH]c12. The van der Waals surface area contributed by atoms with E-state index < -0.39 is 11.7 Å². The van der Waals surface area contributed by atoms with Crippen molar-refractivity contribution in [3.05, 3.63) is 59.0 Å². The molecule has 1 heterocycles. The Morgan fingerprint density at radius 1 is 1.24 bits per heavy atom. The molecule has 0 bridgehead atoms. The molecule has 1 aromatic heterocycles. The number of halogens is 2. The summed E-state index contributed by atoms with van der Waals surface area (Å²) < 4.78 is 13.8. The zero-order chi connectivity index (χ0) is 15.0. The van der Waals surface area contributed by atoms with Gasteiger partial charge in [0.05, 0.1) is 21.9 Å². The van der Waals surface area contributed by atoms with E-state index in [0.29, 0.717) is 16.9 Å². The second-order valence-corrected chi connectivity index (χ2v) is 4.96. The quantitative estimate of drug-likeness (QED) is 0.630. The lowest BCUT2D eigenvalue weighted by Crippen LogP contribution is -2.13. The van der Waals surface area contributed by atoms with Crippen LogP contribution in [0.3, 0.4) is 0 Å². The maximum atomic E-state index is 13.8. The molecule has 2 aromatic carbocycles. The van der Waals surface area contributed by atoms with E-state index in [0.717, 1.165) is 5.39 Å². The number of nitrogens with two attached hydrogens (primary N) is 1. The van der Waals surface area contributed by atoms with Gasteiger partial charge in [0.25, 0.3) is 5.91 Å². The highest BCUT2D eigenvalue weighted by Crippen LogP contribution is 2.24. The lowest BCUT2D eigenvalue weighted by Gasteiger charge is -2.05. The molecule has 3 aromatic rings. The van der Waals surface area contributed by atoms with E-state index in [1.54, 1.807) is 24.3 Å². The number of anilines is 2. The largest absolute Gasteiger partial charge is 0.397 e. The summed E-state index contributed by atoms with van der Waals surface area (Å²) in [6, 6.07) is 11.4. The van der Waals surface area contributed by atoms with Crippen LogP contribution >= 0.6 is 11.6 Å². The first kappa shape index (κ1) is 13.5. The second-order valence-electron chi connectivity index (χ2n) is 4.55. The zero-order valence-electron chi connectivity index (χ0n) is 10.8. The number of nitrogens with one attached hydrogen (secondary N) is 2. The van der Waals surface area contributed by atoms with Crippen molar-refractivity contribution in [1.29, 1.82) is 0 Å². The van der Waals surface area contributed by atoms with Gasteiger partial charge in [-0.25, -0.2) is 4.39 Å². The predicted octanol–water partition coefficient (Wildman–Crippen LogP) is 3.79. The van der Waals surface area contributed by atoms with Crippen LogP contribution in [0.25, 0.3) is 10.9 Å². The number of fused-ring (bicyclic) bond motifs is 1. The normalized spacial score (nSPS) is 10.8. The van der Waals surface area contributed by atoms with Crippen LogP contribution in [0.15, 0.2) is 42.5 Å². The van der Waals surface area contributed by atoms with Gasteiger partial charge in [0.15, 0.2) is 5.82 Å². The molecule has 0 saturated heterocycles. The van der Waals surface area contributed by atoms with E-state index in [9.17, 15) is 9.18 Å². The Morgan fingerprint density at radius 2 is 2.00 bits per heavy atom. The molecular weight excluding hydrogens is 293 g/mol. The molecule has 1 amide bonds. The third-order valence-corrected chi connectivity index (χ3v) is 3.42. The van der Waals surface area contributed by atoms with Crippen LogP contribution < -0.4 is 11.1 Å². The van der Waals surface area contributed by atoms with E-state index in [1.807, 2.05) is 6.07 Å². The van der Waals surface area contributed by atoms with Crippen LogP contribution in [0, 0.1) is 5.82 Å². The smallest absolute Gasteiger partial charge is 0.272 e. The van der Waals surface area contributed by atoms with Crippen LogP contribution in [0.4, 0.5) is 15.8 Å². The Kier molecular flexibility index (Phi) is 3.27. The summed E-state index contributed by atoms with van der Waals surface area (Å²) in [6.45, 7) is 0. The molecule has 0 aliphatic heterocycles. The molecule has 0 unspecified atom stereocenters. The van der Waals surface area contributed by atoms with Gasteiger partial charge in [0.1, 0.15) is 5.69 Å². The topological polar surface area (TPSA) is 70.9 Å². The number of nitrogen functional groups attached to an aromatic ring is 1. The molecule has 21 heavy (non-hydrogen) atoms. The number of hydrogen-bond acceptors (Lipinski definition) is 2. The average molecular weight is 304 g/mol. The fourth-order valence-electron chi connectivity index (χ4n) is 2.09. The number of carbonyl (C=O) groups excluding carboxylic acids is 1. The highest BCUT2D eigenvalue weighted by Gasteiger charge is 2.14. The lowest BCUT2D eigenvalue weighted by atomic mass is 10.2. The fraction of sp³-hybridized carbons (Fsp3) is 0. The Labute approximate surface area is 124 Å². The Bertz CT molecular complexity index is 844. The van der Waals surface area contributed by atoms with Gasteiger partial charge in [0.2, 0.25) is 0 Å². The molecule has 0 fully saturated rings. The fourth-order valence-corrected chi connectivity index (χ4v) is 2.27. The number of aromatic amines is 1. The summed E-state index contributed by atoms with van der Waals surface area (Å²) >= 11 is 5.68. The lowest BCUT2D eigenvalue weighted by molar-refractivity contribution is 0.102. The summed E-state index contributed by atoms with van der Waals surface area (Å²) in [6.07, 6.45) is 0. The molecule has 0 aliphatic carbocycles. The number of benzene rings is 2. The van der Waals surface area contributed by atoms with E-state index in [2.05, 4.69) is 10.3 Å². The van der Waals surface area contributed by atoms with Crippen molar-refractivity contribution in [2.24, 2.45) is 0 Å². The van der Waals surface area contributed by atoms with Crippen molar-refractivity contribution in [3.63, 3.8) is 0 Å². The van der Waals surface area contributed by atoms with Gasteiger partial charge in [-0.15, -0.1) is 0 Å². The first-order chi connectivity index (χ1) is 10.1. The number of para-hydroxylation sites is 1. The third kappa shape index (κ3) is 2.43. The summed E-state index contributed by atoms with van der Waals surface area (Å²) in [5, 5.41) is 3.24. The monoisotopic (exact) mass is 303 g/mol. The first-order valence-corrected chi connectivity index (χ1v) is 6.56. The summed E-state index contributed by atoms with van der Waals surface area (Å²) in [5.74, 6) is -1.13. The molecule has 4 N–H and O–H groups in total. The molecule has 0 atom stereocenters. The Balaban J connectivity index is 1.94. The van der Waals surface area contributed by atoms with Crippen molar-refractivity contribution in [2.75, 3.05) is 11.1 Å². The van der Waals surface area contributed by atoms with Gasteiger partial charge in [-0.3, -0.25) is 4.79 Å². The molecule has 6 heteroatoms. The number of amides is 1. The molecule has 0 saturated carbocycles. The molecular formula is C15H11ClFN3O. The van der Waals surface area contributed by atoms with E-state index in [4.69, 9.17) is 17.3 Å². The van der Waals surface area contributed by atoms with Crippen LogP contribution in [0.5, 0.6) is 0 Å². The minimum Gasteiger partial charge on any atom is -0.397 e. The molecule has 3 rings (SSSR count). The second kappa shape index (κ2) is 5.10. The van der Waals surface area contributed by atoms with Crippen molar-refractivity contribution < 1.29 is 9.18 Å². The van der Waals surface area contributed by atoms with Gasteiger partial charge in [-0.05, 0) is 24.3 Å². The van der Waals surface area contributed by atoms with Gasteiger partial charge in [-0.1, -0.05) is 29.8 Å². The summed E-state index contributed by atoms with van der Waals surface area (Å²) in [7, 11) is 0. The Morgan fingerprint density at radius 3 is 2.76 bits per heavy atom. The molecule has 4 nitrogen and oxygen atoms in total. The van der Waals surface area contributed by atoms with Crippen molar-refractivity contribution >= 4 is 39.8 Å². The van der Waals surface area contributed by atoms with E-state index >= 15 is 0 Å². The standard InChI is InChI=1S/C15H11ClFN3O/c16-9-4-2-6-11(13(9)17)20-15(21)12-7-8-3-1-5-10(18)14(8)19-12/h1-7,19H,18H2,(H,20,21). The minimum absolute atomic E-state index is 0.0270. The Hall–Kier alpha value is -2.53. The van der Waals surface area contributed by atoms with Crippen LogP contribution in [0.2, 0.25) is 5.02 Å². The van der Waals surface area contributed by atoms with Gasteiger partial charge >= 0.3 is 0 Å². The number of H-pyrrole nitrogens is 1. The third-order valence-electron chi connectivity index (χ3n) is 3.13. The summed E-state index contributed by atoms with van der Waals surface area (Å²) in [4.78, 5) is 15.1. The molecule has 0 spiro atoms. The van der Waals surface area contributed by atoms with Crippen molar-refractivity contribution in [1.82, 2.24) is 4.98 Å². The van der Waals surface area contributed by atoms with E-state index in [-0.39, 0.29) is 10.7 Å².